The van der Waals surface area contributed by atoms with Gasteiger partial charge < -0.3 is 5.11 Å². The molecule has 0 saturated heterocycles. The molecule has 0 radical (unpaired) electrons. The largest absolute Gasteiger partial charge is 0.508 e. The Balaban J connectivity index is 2.48. The van der Waals surface area contributed by atoms with Gasteiger partial charge in [-0.25, -0.2) is 12.8 Å². The molecule has 0 aliphatic heterocycles. The molecule has 0 unspecified atom stereocenters. The molecule has 2 aromatic rings. The molecule has 0 aliphatic rings. The predicted molar refractivity (Wildman–Crippen MR) is 79.5 cm³/mol. The third-order valence-electron chi connectivity index (χ3n) is 3.15. The van der Waals surface area contributed by atoms with Gasteiger partial charge >= 0.3 is 0 Å². The Hall–Kier alpha value is -2.08. The lowest BCUT2D eigenvalue weighted by Gasteiger charge is -2.14. The third kappa shape index (κ3) is 3.16. The summed E-state index contributed by atoms with van der Waals surface area (Å²) in [7, 11) is -3.83. The Morgan fingerprint density at radius 1 is 1.00 bits per heavy atom. The molecular formula is C15H16FNO3S. The molecule has 0 atom stereocenters. The van der Waals surface area contributed by atoms with Gasteiger partial charge in [-0.15, -0.1) is 0 Å². The van der Waals surface area contributed by atoms with Gasteiger partial charge in [0.2, 0.25) is 0 Å². The number of hydrogen-bond acceptors (Lipinski definition) is 3. The normalized spacial score (nSPS) is 11.4. The van der Waals surface area contributed by atoms with Crippen LogP contribution in [0.15, 0.2) is 35.2 Å². The second-order valence-electron chi connectivity index (χ2n) is 4.97. The van der Waals surface area contributed by atoms with Gasteiger partial charge in [-0.3, -0.25) is 4.72 Å². The molecule has 0 aliphatic carbocycles. The van der Waals surface area contributed by atoms with Crippen LogP contribution < -0.4 is 4.72 Å². The van der Waals surface area contributed by atoms with Crippen LogP contribution in [-0.4, -0.2) is 13.5 Å². The Morgan fingerprint density at radius 3 is 2.10 bits per heavy atom. The highest BCUT2D eigenvalue weighted by molar-refractivity contribution is 7.92. The molecule has 6 heteroatoms. The van der Waals surface area contributed by atoms with Crippen LogP contribution in [-0.2, 0) is 10.0 Å². The van der Waals surface area contributed by atoms with E-state index in [2.05, 4.69) is 4.72 Å². The quantitative estimate of drug-likeness (QED) is 0.855. The van der Waals surface area contributed by atoms with Crippen LogP contribution in [0, 0.1) is 26.6 Å². The van der Waals surface area contributed by atoms with E-state index in [1.165, 1.54) is 30.3 Å². The minimum absolute atomic E-state index is 0.0598. The predicted octanol–water partition coefficient (Wildman–Crippen LogP) is 3.26. The first kappa shape index (κ1) is 15.3. The molecule has 2 rings (SSSR count). The first-order valence-electron chi connectivity index (χ1n) is 6.30. The summed E-state index contributed by atoms with van der Waals surface area (Å²) in [5, 5.41) is 9.35. The van der Waals surface area contributed by atoms with Gasteiger partial charge in [0.1, 0.15) is 11.6 Å². The van der Waals surface area contributed by atoms with Gasteiger partial charge in [-0.2, -0.15) is 0 Å². The maximum atomic E-state index is 13.3. The molecule has 2 N–H and O–H groups in total. The van der Waals surface area contributed by atoms with Crippen molar-refractivity contribution in [3.8, 4) is 5.75 Å². The van der Waals surface area contributed by atoms with Crippen molar-refractivity contribution in [1.29, 1.82) is 0 Å². The minimum Gasteiger partial charge on any atom is -0.508 e. The molecular weight excluding hydrogens is 293 g/mol. The first-order valence-corrected chi connectivity index (χ1v) is 7.78. The van der Waals surface area contributed by atoms with Gasteiger partial charge in [0.25, 0.3) is 10.0 Å². The fourth-order valence-electron chi connectivity index (χ4n) is 2.28. The van der Waals surface area contributed by atoms with E-state index in [-0.39, 0.29) is 10.6 Å². The summed E-state index contributed by atoms with van der Waals surface area (Å²) in [4.78, 5) is 0.0661. The number of hydrogen-bond donors (Lipinski definition) is 2. The SMILES string of the molecule is Cc1cc(O)ccc1NS(=O)(=O)c1c(C)cc(F)cc1C. The number of rotatable bonds is 3. The van der Waals surface area contributed by atoms with Gasteiger partial charge in [-0.05, 0) is 67.8 Å². The van der Waals surface area contributed by atoms with E-state index in [4.69, 9.17) is 0 Å². The van der Waals surface area contributed by atoms with Crippen LogP contribution in [0.2, 0.25) is 0 Å². The number of benzene rings is 2. The van der Waals surface area contributed by atoms with E-state index in [1.54, 1.807) is 20.8 Å². The molecule has 21 heavy (non-hydrogen) atoms. The van der Waals surface area contributed by atoms with Gasteiger partial charge in [0, 0.05) is 0 Å². The maximum Gasteiger partial charge on any atom is 0.262 e. The molecule has 0 aromatic heterocycles. The number of sulfonamides is 1. The molecule has 0 amide bonds. The Labute approximate surface area is 123 Å². The van der Waals surface area contributed by atoms with E-state index in [9.17, 15) is 17.9 Å². The average Bonchev–Trinajstić information content (AvgIpc) is 2.30. The van der Waals surface area contributed by atoms with Crippen molar-refractivity contribution >= 4 is 15.7 Å². The van der Waals surface area contributed by atoms with Crippen molar-refractivity contribution in [3.63, 3.8) is 0 Å². The van der Waals surface area contributed by atoms with Crippen LogP contribution in [0.1, 0.15) is 16.7 Å². The summed E-state index contributed by atoms with van der Waals surface area (Å²) in [6.07, 6.45) is 0. The van der Waals surface area contributed by atoms with Crippen LogP contribution >= 0.6 is 0 Å². The minimum atomic E-state index is -3.83. The summed E-state index contributed by atoms with van der Waals surface area (Å²) in [5.41, 5.74) is 1.65. The number of halogens is 1. The standard InChI is InChI=1S/C15H16FNO3S/c1-9-8-13(18)4-5-14(9)17-21(19,20)15-10(2)6-12(16)7-11(15)3/h4-8,17-18H,1-3H3. The summed E-state index contributed by atoms with van der Waals surface area (Å²) < 4.78 is 40.8. The maximum absolute atomic E-state index is 13.3. The number of phenolic OH excluding ortho intramolecular Hbond substituents is 1. The van der Waals surface area contributed by atoms with Gasteiger partial charge in [0.15, 0.2) is 0 Å². The lowest BCUT2D eigenvalue weighted by atomic mass is 10.1. The van der Waals surface area contributed by atoms with Crippen molar-refractivity contribution in [2.45, 2.75) is 25.7 Å². The van der Waals surface area contributed by atoms with E-state index < -0.39 is 15.8 Å². The number of phenols is 1. The van der Waals surface area contributed by atoms with Crippen molar-refractivity contribution < 1.29 is 17.9 Å². The topological polar surface area (TPSA) is 66.4 Å². The molecule has 0 spiro atoms. The number of aryl methyl sites for hydroxylation is 3. The second kappa shape index (κ2) is 5.37. The molecule has 0 bridgehead atoms. The summed E-state index contributed by atoms with van der Waals surface area (Å²) in [5.74, 6) is -0.408. The van der Waals surface area contributed by atoms with Gasteiger partial charge in [-0.1, -0.05) is 0 Å². The number of aromatic hydroxyl groups is 1. The van der Waals surface area contributed by atoms with Crippen LogP contribution in [0.5, 0.6) is 5.75 Å². The smallest absolute Gasteiger partial charge is 0.262 e. The Kier molecular flexibility index (Phi) is 3.91. The lowest BCUT2D eigenvalue weighted by Crippen LogP contribution is -2.16. The zero-order valence-corrected chi connectivity index (χ0v) is 12.8. The van der Waals surface area contributed by atoms with E-state index in [0.717, 1.165) is 0 Å². The number of nitrogens with one attached hydrogen (secondary N) is 1. The summed E-state index contributed by atoms with van der Waals surface area (Å²) in [6, 6.07) is 6.71. The molecule has 2 aromatic carbocycles. The third-order valence-corrected chi connectivity index (χ3v) is 4.82. The highest BCUT2D eigenvalue weighted by Crippen LogP contribution is 2.26. The molecule has 0 heterocycles. The molecule has 112 valence electrons. The average molecular weight is 309 g/mol. The zero-order chi connectivity index (χ0) is 15.8. The number of anilines is 1. The van der Waals surface area contributed by atoms with Gasteiger partial charge in [0.05, 0.1) is 10.6 Å². The Morgan fingerprint density at radius 2 is 1.57 bits per heavy atom. The fraction of sp³-hybridized carbons (Fsp3) is 0.200. The van der Waals surface area contributed by atoms with Crippen LogP contribution in [0.25, 0.3) is 0 Å². The van der Waals surface area contributed by atoms with Crippen molar-refractivity contribution in [2.24, 2.45) is 0 Å². The first-order chi connectivity index (χ1) is 9.70. The summed E-state index contributed by atoms with van der Waals surface area (Å²) >= 11 is 0. The van der Waals surface area contributed by atoms with Crippen molar-refractivity contribution in [1.82, 2.24) is 0 Å². The molecule has 0 saturated carbocycles. The van der Waals surface area contributed by atoms with E-state index >= 15 is 0 Å². The van der Waals surface area contributed by atoms with Crippen LogP contribution in [0.3, 0.4) is 0 Å². The van der Waals surface area contributed by atoms with Crippen LogP contribution in [0.4, 0.5) is 10.1 Å². The second-order valence-corrected chi connectivity index (χ2v) is 6.59. The molecule has 0 fully saturated rings. The fourth-order valence-corrected chi connectivity index (χ4v) is 3.87. The van der Waals surface area contributed by atoms with Crippen molar-refractivity contribution in [2.75, 3.05) is 4.72 Å². The van der Waals surface area contributed by atoms with Crippen molar-refractivity contribution in [3.05, 3.63) is 52.8 Å². The monoisotopic (exact) mass is 309 g/mol. The highest BCUT2D eigenvalue weighted by atomic mass is 32.2. The molecule has 4 nitrogen and oxygen atoms in total. The lowest BCUT2D eigenvalue weighted by molar-refractivity contribution is 0.475. The highest BCUT2D eigenvalue weighted by Gasteiger charge is 2.21. The van der Waals surface area contributed by atoms with E-state index in [1.807, 2.05) is 0 Å². The Bertz CT molecular complexity index is 778. The zero-order valence-electron chi connectivity index (χ0n) is 11.9. The van der Waals surface area contributed by atoms with E-state index in [0.29, 0.717) is 22.4 Å². The summed E-state index contributed by atoms with van der Waals surface area (Å²) in [6.45, 7) is 4.78.